The average Bonchev–Trinajstić information content (AvgIpc) is 2.98. The number of benzene rings is 2. The van der Waals surface area contributed by atoms with Gasteiger partial charge in [-0.1, -0.05) is 35.9 Å². The van der Waals surface area contributed by atoms with E-state index in [1.807, 2.05) is 24.3 Å². The van der Waals surface area contributed by atoms with Gasteiger partial charge in [-0.05, 0) is 31.5 Å². The van der Waals surface area contributed by atoms with Crippen LogP contribution in [0.15, 0.2) is 47.8 Å². The first kappa shape index (κ1) is 15.6. The summed E-state index contributed by atoms with van der Waals surface area (Å²) in [6.07, 6.45) is 0.782. The number of hydrogen-bond acceptors (Lipinski definition) is 4. The van der Waals surface area contributed by atoms with Crippen molar-refractivity contribution in [2.45, 2.75) is 20.3 Å². The molecule has 0 fully saturated rings. The Balaban J connectivity index is 1.65. The first-order valence-corrected chi connectivity index (χ1v) is 8.51. The third-order valence-electron chi connectivity index (χ3n) is 3.70. The number of nitrogen functional groups attached to an aromatic ring is 1. The van der Waals surface area contributed by atoms with Crippen LogP contribution in [-0.2, 0) is 6.42 Å². The van der Waals surface area contributed by atoms with Crippen LogP contribution < -0.4 is 10.5 Å². The zero-order valence-electron chi connectivity index (χ0n) is 13.4. The van der Waals surface area contributed by atoms with Gasteiger partial charge in [-0.25, -0.2) is 4.98 Å². The van der Waals surface area contributed by atoms with Crippen molar-refractivity contribution in [2.75, 3.05) is 12.3 Å². The van der Waals surface area contributed by atoms with Crippen molar-refractivity contribution >= 4 is 17.0 Å². The van der Waals surface area contributed by atoms with Gasteiger partial charge >= 0.3 is 0 Å². The van der Waals surface area contributed by atoms with Gasteiger partial charge in [0.1, 0.15) is 5.75 Å². The molecule has 0 spiro atoms. The zero-order valence-corrected chi connectivity index (χ0v) is 14.2. The number of nitrogens with two attached hydrogens (primary N) is 1. The van der Waals surface area contributed by atoms with E-state index in [0.717, 1.165) is 22.9 Å². The highest BCUT2D eigenvalue weighted by Gasteiger charge is 2.08. The first-order valence-electron chi connectivity index (χ1n) is 7.63. The molecule has 0 saturated heterocycles. The Labute approximate surface area is 140 Å². The van der Waals surface area contributed by atoms with Crippen LogP contribution in [0.25, 0.3) is 11.3 Å². The summed E-state index contributed by atoms with van der Waals surface area (Å²) in [7, 11) is 0. The van der Waals surface area contributed by atoms with Crippen LogP contribution in [0.3, 0.4) is 0 Å². The highest BCUT2D eigenvalue weighted by Crippen LogP contribution is 2.26. The number of aromatic nitrogens is 1. The molecule has 0 bridgehead atoms. The number of rotatable bonds is 5. The van der Waals surface area contributed by atoms with Gasteiger partial charge in [0.25, 0.3) is 0 Å². The van der Waals surface area contributed by atoms with Crippen molar-refractivity contribution in [3.63, 3.8) is 0 Å². The van der Waals surface area contributed by atoms with Gasteiger partial charge in [0.2, 0.25) is 0 Å². The Morgan fingerprint density at radius 1 is 1.13 bits per heavy atom. The summed E-state index contributed by atoms with van der Waals surface area (Å²) in [5.41, 5.74) is 11.3. The number of anilines is 1. The maximum atomic E-state index is 5.87. The largest absolute Gasteiger partial charge is 0.491 e. The lowest BCUT2D eigenvalue weighted by molar-refractivity contribution is 0.323. The van der Waals surface area contributed by atoms with E-state index in [9.17, 15) is 0 Å². The number of ether oxygens (including phenoxy) is 1. The Hall–Kier alpha value is -2.33. The average molecular weight is 324 g/mol. The number of thiazole rings is 1. The van der Waals surface area contributed by atoms with E-state index in [4.69, 9.17) is 15.5 Å². The molecule has 0 radical (unpaired) electrons. The minimum atomic E-state index is 0.577. The summed E-state index contributed by atoms with van der Waals surface area (Å²) in [4.78, 5) is 4.73. The number of nitrogens with zero attached hydrogens (tertiary/aromatic N) is 1. The third kappa shape index (κ3) is 3.71. The standard InChI is InChI=1S/C19H20N2OS/c1-13-7-8-15(14(2)11-13)17-12-23-19(21-17)9-10-22-18-6-4-3-5-16(18)20/h3-8,11-12H,9-10,20H2,1-2H3. The quantitative estimate of drug-likeness (QED) is 0.696. The molecule has 2 N–H and O–H groups in total. The maximum absolute atomic E-state index is 5.87. The van der Waals surface area contributed by atoms with E-state index >= 15 is 0 Å². The van der Waals surface area contributed by atoms with E-state index in [-0.39, 0.29) is 0 Å². The summed E-state index contributed by atoms with van der Waals surface area (Å²) in [6, 6.07) is 14.0. The minimum absolute atomic E-state index is 0.577. The molecule has 0 unspecified atom stereocenters. The van der Waals surface area contributed by atoms with Crippen LogP contribution in [0.4, 0.5) is 5.69 Å². The second kappa shape index (κ2) is 6.84. The van der Waals surface area contributed by atoms with Crippen LogP contribution in [0.2, 0.25) is 0 Å². The van der Waals surface area contributed by atoms with Crippen LogP contribution in [0, 0.1) is 13.8 Å². The number of hydrogen-bond donors (Lipinski definition) is 1. The Morgan fingerprint density at radius 3 is 2.74 bits per heavy atom. The van der Waals surface area contributed by atoms with Crippen LogP contribution >= 0.6 is 11.3 Å². The summed E-state index contributed by atoms with van der Waals surface area (Å²) in [5.74, 6) is 0.735. The van der Waals surface area contributed by atoms with Crippen molar-refractivity contribution in [1.29, 1.82) is 0 Å². The molecule has 3 aromatic rings. The van der Waals surface area contributed by atoms with E-state index < -0.39 is 0 Å². The second-order valence-electron chi connectivity index (χ2n) is 5.58. The van der Waals surface area contributed by atoms with Crippen molar-refractivity contribution in [3.05, 3.63) is 64.0 Å². The molecule has 23 heavy (non-hydrogen) atoms. The summed E-state index contributed by atoms with van der Waals surface area (Å²) >= 11 is 1.67. The van der Waals surface area contributed by atoms with E-state index in [0.29, 0.717) is 12.3 Å². The molecule has 0 saturated carbocycles. The molecule has 3 nitrogen and oxygen atoms in total. The molecule has 0 atom stereocenters. The fourth-order valence-corrected chi connectivity index (χ4v) is 3.29. The van der Waals surface area contributed by atoms with E-state index in [1.54, 1.807) is 11.3 Å². The molecule has 1 aromatic heterocycles. The minimum Gasteiger partial charge on any atom is -0.491 e. The predicted octanol–water partition coefficient (Wildman–Crippen LogP) is 4.63. The fraction of sp³-hybridized carbons (Fsp3) is 0.211. The SMILES string of the molecule is Cc1ccc(-c2csc(CCOc3ccccc3N)n2)c(C)c1. The van der Waals surface area contributed by atoms with Crippen LogP contribution in [-0.4, -0.2) is 11.6 Å². The lowest BCUT2D eigenvalue weighted by atomic mass is 10.0. The maximum Gasteiger partial charge on any atom is 0.142 e. The van der Waals surface area contributed by atoms with Gasteiger partial charge in [0, 0.05) is 17.4 Å². The monoisotopic (exact) mass is 324 g/mol. The number of para-hydroxylation sites is 2. The number of aryl methyl sites for hydroxylation is 2. The van der Waals surface area contributed by atoms with Gasteiger partial charge in [-0.3, -0.25) is 0 Å². The summed E-state index contributed by atoms with van der Waals surface area (Å²) in [5, 5.41) is 3.19. The van der Waals surface area contributed by atoms with Crippen LogP contribution in [0.5, 0.6) is 5.75 Å². The van der Waals surface area contributed by atoms with E-state index in [1.165, 1.54) is 16.7 Å². The molecule has 1 heterocycles. The predicted molar refractivity (Wildman–Crippen MR) is 97.1 cm³/mol. The second-order valence-corrected chi connectivity index (χ2v) is 6.52. The van der Waals surface area contributed by atoms with Gasteiger partial charge in [0.15, 0.2) is 0 Å². The zero-order chi connectivity index (χ0) is 16.2. The van der Waals surface area contributed by atoms with Crippen LogP contribution in [0.1, 0.15) is 16.1 Å². The summed E-state index contributed by atoms with van der Waals surface area (Å²) < 4.78 is 5.74. The molecule has 118 valence electrons. The molecular weight excluding hydrogens is 304 g/mol. The molecule has 2 aromatic carbocycles. The lowest BCUT2D eigenvalue weighted by Gasteiger charge is -2.07. The summed E-state index contributed by atoms with van der Waals surface area (Å²) in [6.45, 7) is 4.81. The molecular formula is C19H20N2OS. The smallest absolute Gasteiger partial charge is 0.142 e. The van der Waals surface area contributed by atoms with Crippen molar-refractivity contribution in [2.24, 2.45) is 0 Å². The van der Waals surface area contributed by atoms with E-state index in [2.05, 4.69) is 37.4 Å². The van der Waals surface area contributed by atoms with Crippen molar-refractivity contribution in [1.82, 2.24) is 4.98 Å². The van der Waals surface area contributed by atoms with Gasteiger partial charge in [-0.15, -0.1) is 11.3 Å². The first-order chi connectivity index (χ1) is 11.1. The topological polar surface area (TPSA) is 48.1 Å². The Morgan fingerprint density at radius 2 is 1.96 bits per heavy atom. The van der Waals surface area contributed by atoms with Crippen molar-refractivity contribution < 1.29 is 4.74 Å². The van der Waals surface area contributed by atoms with Gasteiger partial charge in [0.05, 0.1) is 23.0 Å². The van der Waals surface area contributed by atoms with Crippen molar-refractivity contribution in [3.8, 4) is 17.0 Å². The normalized spacial score (nSPS) is 10.7. The fourth-order valence-electron chi connectivity index (χ4n) is 2.51. The molecule has 0 aliphatic heterocycles. The molecule has 4 heteroatoms. The van der Waals surface area contributed by atoms with Gasteiger partial charge < -0.3 is 10.5 Å². The molecule has 0 amide bonds. The highest BCUT2D eigenvalue weighted by molar-refractivity contribution is 7.09. The third-order valence-corrected chi connectivity index (χ3v) is 4.61. The Bertz CT molecular complexity index is 811. The Kier molecular flexibility index (Phi) is 4.63. The molecule has 3 rings (SSSR count). The highest BCUT2D eigenvalue weighted by atomic mass is 32.1. The lowest BCUT2D eigenvalue weighted by Crippen LogP contribution is -2.03. The molecule has 0 aliphatic rings. The van der Waals surface area contributed by atoms with Gasteiger partial charge in [-0.2, -0.15) is 0 Å². The molecule has 0 aliphatic carbocycles.